The molecule has 0 aliphatic heterocycles. The number of anilines is 1. The molecule has 1 rings (SSSR count). The summed E-state index contributed by atoms with van der Waals surface area (Å²) in [6.45, 7) is 6.00. The zero-order valence-corrected chi connectivity index (χ0v) is 9.37. The van der Waals surface area contributed by atoms with E-state index in [1.54, 1.807) is 6.92 Å². The smallest absolute Gasteiger partial charge is 0.229 e. The summed E-state index contributed by atoms with van der Waals surface area (Å²) in [4.78, 5) is 15.8. The van der Waals surface area contributed by atoms with E-state index in [0.717, 1.165) is 11.3 Å². The fraction of sp³-hybridized carbons (Fsp3) is 0.455. The van der Waals surface area contributed by atoms with E-state index in [9.17, 15) is 4.79 Å². The van der Waals surface area contributed by atoms with Crippen LogP contribution in [0.25, 0.3) is 0 Å². The van der Waals surface area contributed by atoms with Crippen LogP contribution in [0, 0.1) is 19.8 Å². The van der Waals surface area contributed by atoms with Crippen LogP contribution in [0.4, 0.5) is 5.82 Å². The highest BCUT2D eigenvalue weighted by molar-refractivity contribution is 5.91. The van der Waals surface area contributed by atoms with Gasteiger partial charge in [-0.25, -0.2) is 4.98 Å². The highest BCUT2D eigenvalue weighted by Gasteiger charge is 2.11. The van der Waals surface area contributed by atoms with Gasteiger partial charge in [0.15, 0.2) is 0 Å². The van der Waals surface area contributed by atoms with Crippen LogP contribution in [0.5, 0.6) is 0 Å². The predicted molar refractivity (Wildman–Crippen MR) is 60.6 cm³/mol. The number of nitrogens with zero attached hydrogens (tertiary/aromatic N) is 1. The Balaban J connectivity index is 2.76. The number of carbonyl (C=O) groups is 1. The monoisotopic (exact) mass is 207 g/mol. The highest BCUT2D eigenvalue weighted by Crippen LogP contribution is 2.10. The van der Waals surface area contributed by atoms with Gasteiger partial charge in [0.1, 0.15) is 5.82 Å². The van der Waals surface area contributed by atoms with E-state index in [4.69, 9.17) is 5.73 Å². The molecule has 82 valence electrons. The molecule has 0 aliphatic carbocycles. The van der Waals surface area contributed by atoms with Gasteiger partial charge >= 0.3 is 0 Å². The molecule has 0 radical (unpaired) electrons. The SMILES string of the molecule is Cc1cc(C)nc(NC(=O)C(C)CN)c1. The fourth-order valence-electron chi connectivity index (χ4n) is 1.26. The molecule has 0 saturated heterocycles. The number of hydrogen-bond donors (Lipinski definition) is 2. The van der Waals surface area contributed by atoms with Crippen LogP contribution >= 0.6 is 0 Å². The Morgan fingerprint density at radius 3 is 2.73 bits per heavy atom. The summed E-state index contributed by atoms with van der Waals surface area (Å²) in [5.41, 5.74) is 7.38. The van der Waals surface area contributed by atoms with Crippen molar-refractivity contribution in [1.82, 2.24) is 4.98 Å². The van der Waals surface area contributed by atoms with E-state index in [-0.39, 0.29) is 11.8 Å². The second kappa shape index (κ2) is 4.89. The van der Waals surface area contributed by atoms with E-state index in [1.165, 1.54) is 0 Å². The first-order valence-electron chi connectivity index (χ1n) is 4.99. The minimum atomic E-state index is -0.187. The third kappa shape index (κ3) is 3.32. The lowest BCUT2D eigenvalue weighted by atomic mass is 10.1. The van der Waals surface area contributed by atoms with Crippen molar-refractivity contribution in [2.45, 2.75) is 20.8 Å². The molecule has 4 nitrogen and oxygen atoms in total. The van der Waals surface area contributed by atoms with Crippen molar-refractivity contribution < 1.29 is 4.79 Å². The van der Waals surface area contributed by atoms with Crippen molar-refractivity contribution in [2.75, 3.05) is 11.9 Å². The molecule has 4 heteroatoms. The first kappa shape index (κ1) is 11.7. The van der Waals surface area contributed by atoms with Crippen LogP contribution in [-0.2, 0) is 4.79 Å². The maximum atomic E-state index is 11.5. The number of nitrogens with two attached hydrogens (primary N) is 1. The predicted octanol–water partition coefficient (Wildman–Crippen LogP) is 1.23. The third-order valence-corrected chi connectivity index (χ3v) is 2.15. The minimum absolute atomic E-state index is 0.0880. The zero-order valence-electron chi connectivity index (χ0n) is 9.37. The lowest BCUT2D eigenvalue weighted by molar-refractivity contribution is -0.119. The Hall–Kier alpha value is -1.42. The lowest BCUT2D eigenvalue weighted by Crippen LogP contribution is -2.27. The Bertz CT molecular complexity index is 343. The third-order valence-electron chi connectivity index (χ3n) is 2.15. The van der Waals surface area contributed by atoms with Crippen LogP contribution < -0.4 is 11.1 Å². The molecule has 3 N–H and O–H groups in total. The van der Waals surface area contributed by atoms with Crippen LogP contribution in [0.2, 0.25) is 0 Å². The van der Waals surface area contributed by atoms with Gasteiger partial charge in [-0.2, -0.15) is 0 Å². The van der Waals surface area contributed by atoms with Gasteiger partial charge in [-0.05, 0) is 31.5 Å². The Morgan fingerprint density at radius 2 is 2.20 bits per heavy atom. The molecular formula is C11H17N3O. The average Bonchev–Trinajstić information content (AvgIpc) is 2.14. The molecule has 0 aromatic carbocycles. The lowest BCUT2D eigenvalue weighted by Gasteiger charge is -2.10. The van der Waals surface area contributed by atoms with E-state index >= 15 is 0 Å². The first-order valence-corrected chi connectivity index (χ1v) is 4.99. The fourth-order valence-corrected chi connectivity index (χ4v) is 1.26. The standard InChI is InChI=1S/C11H17N3O/c1-7-4-9(3)13-10(5-7)14-11(15)8(2)6-12/h4-5,8H,6,12H2,1-3H3,(H,13,14,15). The van der Waals surface area contributed by atoms with Crippen LogP contribution in [0.1, 0.15) is 18.2 Å². The second-order valence-electron chi connectivity index (χ2n) is 3.80. The number of aryl methyl sites for hydroxylation is 2. The van der Waals surface area contributed by atoms with E-state index in [2.05, 4.69) is 10.3 Å². The number of amides is 1. The van der Waals surface area contributed by atoms with Gasteiger partial charge in [-0.1, -0.05) is 6.92 Å². The molecule has 1 aromatic heterocycles. The Labute approximate surface area is 89.9 Å². The Kier molecular flexibility index (Phi) is 3.80. The molecule has 1 amide bonds. The van der Waals surface area contributed by atoms with Gasteiger partial charge in [0.05, 0.1) is 0 Å². The van der Waals surface area contributed by atoms with Gasteiger partial charge in [-0.15, -0.1) is 0 Å². The molecule has 0 aliphatic rings. The minimum Gasteiger partial charge on any atom is -0.330 e. The van der Waals surface area contributed by atoms with E-state index < -0.39 is 0 Å². The zero-order chi connectivity index (χ0) is 11.4. The number of hydrogen-bond acceptors (Lipinski definition) is 3. The molecule has 1 atom stereocenters. The Morgan fingerprint density at radius 1 is 1.53 bits per heavy atom. The molecule has 15 heavy (non-hydrogen) atoms. The number of rotatable bonds is 3. The summed E-state index contributed by atoms with van der Waals surface area (Å²) in [7, 11) is 0. The van der Waals surface area contributed by atoms with Crippen LogP contribution in [0.15, 0.2) is 12.1 Å². The average molecular weight is 207 g/mol. The molecule has 0 fully saturated rings. The summed E-state index contributed by atoms with van der Waals surface area (Å²) in [6, 6.07) is 3.80. The van der Waals surface area contributed by atoms with Crippen LogP contribution in [0.3, 0.4) is 0 Å². The molecular weight excluding hydrogens is 190 g/mol. The summed E-state index contributed by atoms with van der Waals surface area (Å²) >= 11 is 0. The van der Waals surface area contributed by atoms with Crippen molar-refractivity contribution in [3.05, 3.63) is 23.4 Å². The molecule has 0 bridgehead atoms. The molecule has 0 saturated carbocycles. The van der Waals surface area contributed by atoms with Crippen molar-refractivity contribution in [1.29, 1.82) is 0 Å². The number of nitrogens with one attached hydrogen (secondary N) is 1. The molecule has 1 heterocycles. The maximum Gasteiger partial charge on any atom is 0.229 e. The molecule has 1 unspecified atom stereocenters. The maximum absolute atomic E-state index is 11.5. The normalized spacial score (nSPS) is 12.3. The van der Waals surface area contributed by atoms with Crippen molar-refractivity contribution in [3.8, 4) is 0 Å². The summed E-state index contributed by atoms with van der Waals surface area (Å²) < 4.78 is 0. The summed E-state index contributed by atoms with van der Waals surface area (Å²) in [6.07, 6.45) is 0. The van der Waals surface area contributed by atoms with E-state index in [0.29, 0.717) is 12.4 Å². The molecule has 1 aromatic rings. The van der Waals surface area contributed by atoms with E-state index in [1.807, 2.05) is 26.0 Å². The topological polar surface area (TPSA) is 68.0 Å². The first-order chi connectivity index (χ1) is 7.02. The van der Waals surface area contributed by atoms with Gasteiger partial charge < -0.3 is 11.1 Å². The summed E-state index contributed by atoms with van der Waals surface area (Å²) in [5, 5.41) is 2.74. The number of pyridine rings is 1. The number of carbonyl (C=O) groups excluding carboxylic acids is 1. The van der Waals surface area contributed by atoms with Crippen LogP contribution in [-0.4, -0.2) is 17.4 Å². The molecule has 0 spiro atoms. The largest absolute Gasteiger partial charge is 0.330 e. The van der Waals surface area contributed by atoms with Gasteiger partial charge in [0, 0.05) is 18.2 Å². The quantitative estimate of drug-likeness (QED) is 0.783. The highest BCUT2D eigenvalue weighted by atomic mass is 16.1. The van der Waals surface area contributed by atoms with Crippen molar-refractivity contribution in [2.24, 2.45) is 11.7 Å². The van der Waals surface area contributed by atoms with Gasteiger partial charge in [0.2, 0.25) is 5.91 Å². The van der Waals surface area contributed by atoms with Gasteiger partial charge in [-0.3, -0.25) is 4.79 Å². The second-order valence-corrected chi connectivity index (χ2v) is 3.80. The number of aromatic nitrogens is 1. The van der Waals surface area contributed by atoms with Crippen molar-refractivity contribution >= 4 is 11.7 Å². The van der Waals surface area contributed by atoms with Gasteiger partial charge in [0.25, 0.3) is 0 Å². The van der Waals surface area contributed by atoms with Crippen molar-refractivity contribution in [3.63, 3.8) is 0 Å². The summed E-state index contributed by atoms with van der Waals surface area (Å²) in [5.74, 6) is 0.320.